The molecule has 1 N–H and O–H groups in total. The molecule has 1 aliphatic rings. The molecule has 1 heterocycles. The average Bonchev–Trinajstić information content (AvgIpc) is 2.83. The van der Waals surface area contributed by atoms with Gasteiger partial charge in [0.05, 0.1) is 11.1 Å². The highest BCUT2D eigenvalue weighted by Crippen LogP contribution is 2.24. The molecule has 1 aromatic carbocycles. The van der Waals surface area contributed by atoms with Crippen molar-refractivity contribution in [3.05, 3.63) is 35.4 Å². The molecule has 0 aromatic heterocycles. The summed E-state index contributed by atoms with van der Waals surface area (Å²) in [5.41, 5.74) is 0.525. The van der Waals surface area contributed by atoms with Crippen LogP contribution < -0.4 is 5.32 Å². The highest BCUT2D eigenvalue weighted by molar-refractivity contribution is 6.22. The lowest BCUT2D eigenvalue weighted by Gasteiger charge is -2.20. The quantitative estimate of drug-likeness (QED) is 0.595. The summed E-state index contributed by atoms with van der Waals surface area (Å²) < 4.78 is 4.93. The smallest absolute Gasteiger partial charge is 0.329 e. The minimum Gasteiger partial charge on any atom is -0.454 e. The number of hydrogen-bond acceptors (Lipinski definition) is 5. The second-order valence-electron chi connectivity index (χ2n) is 6.34. The number of benzene rings is 1. The maximum atomic E-state index is 12.3. The van der Waals surface area contributed by atoms with Crippen molar-refractivity contribution in [2.75, 3.05) is 13.2 Å². The minimum atomic E-state index is -1.10. The van der Waals surface area contributed by atoms with Crippen LogP contribution in [0.5, 0.6) is 0 Å². The number of imide groups is 1. The van der Waals surface area contributed by atoms with Gasteiger partial charge in [0.1, 0.15) is 6.04 Å². The zero-order valence-corrected chi connectivity index (χ0v) is 14.6. The molecule has 0 bridgehead atoms. The van der Waals surface area contributed by atoms with E-state index in [1.807, 2.05) is 13.8 Å². The maximum Gasteiger partial charge on any atom is 0.329 e. The largest absolute Gasteiger partial charge is 0.454 e. The lowest BCUT2D eigenvalue weighted by Crippen LogP contribution is -2.44. The van der Waals surface area contributed by atoms with E-state index in [1.165, 1.54) is 19.1 Å². The molecule has 0 radical (unpaired) electrons. The Morgan fingerprint density at radius 1 is 1.08 bits per heavy atom. The van der Waals surface area contributed by atoms with Crippen molar-refractivity contribution in [1.29, 1.82) is 0 Å². The van der Waals surface area contributed by atoms with Gasteiger partial charge in [0, 0.05) is 6.54 Å². The van der Waals surface area contributed by atoms with Gasteiger partial charge in [0.25, 0.3) is 17.7 Å². The number of carbonyl (C=O) groups is 4. The Kier molecular flexibility index (Phi) is 5.90. The zero-order valence-electron chi connectivity index (χ0n) is 14.6. The van der Waals surface area contributed by atoms with Crippen LogP contribution in [0.2, 0.25) is 0 Å². The van der Waals surface area contributed by atoms with Gasteiger partial charge in [-0.1, -0.05) is 26.0 Å². The molecule has 1 aliphatic heterocycles. The van der Waals surface area contributed by atoms with Crippen molar-refractivity contribution in [2.45, 2.75) is 33.2 Å². The summed E-state index contributed by atoms with van der Waals surface area (Å²) in [6.45, 7) is 5.54. The second-order valence-corrected chi connectivity index (χ2v) is 6.34. The fourth-order valence-electron chi connectivity index (χ4n) is 2.47. The summed E-state index contributed by atoms with van der Waals surface area (Å²) in [5, 5.41) is 2.65. The SMILES string of the molecule is CC(C)CCNC(=O)COC(=O)[C@@H](C)N1C(=O)c2ccccc2C1=O. The van der Waals surface area contributed by atoms with Gasteiger partial charge in [-0.05, 0) is 31.4 Å². The van der Waals surface area contributed by atoms with Crippen LogP contribution in [-0.4, -0.2) is 47.8 Å². The van der Waals surface area contributed by atoms with E-state index < -0.39 is 36.3 Å². The van der Waals surface area contributed by atoms with Crippen LogP contribution in [0.3, 0.4) is 0 Å². The Hall–Kier alpha value is -2.70. The average molecular weight is 346 g/mol. The van der Waals surface area contributed by atoms with E-state index in [1.54, 1.807) is 12.1 Å². The van der Waals surface area contributed by atoms with Gasteiger partial charge < -0.3 is 10.1 Å². The number of rotatable bonds is 7. The Balaban J connectivity index is 1.90. The third-order valence-electron chi connectivity index (χ3n) is 3.94. The van der Waals surface area contributed by atoms with E-state index in [4.69, 9.17) is 4.74 Å². The van der Waals surface area contributed by atoms with Crippen LogP contribution in [0.25, 0.3) is 0 Å². The summed E-state index contributed by atoms with van der Waals surface area (Å²) in [7, 11) is 0. The predicted molar refractivity (Wildman–Crippen MR) is 89.8 cm³/mol. The summed E-state index contributed by atoms with van der Waals surface area (Å²) >= 11 is 0. The van der Waals surface area contributed by atoms with Gasteiger partial charge in [0.2, 0.25) is 0 Å². The van der Waals surface area contributed by atoms with E-state index in [9.17, 15) is 19.2 Å². The first-order valence-corrected chi connectivity index (χ1v) is 8.23. The van der Waals surface area contributed by atoms with Crippen molar-refractivity contribution in [1.82, 2.24) is 10.2 Å². The van der Waals surface area contributed by atoms with Crippen LogP contribution in [-0.2, 0) is 14.3 Å². The summed E-state index contributed by atoms with van der Waals surface area (Å²) in [6, 6.07) is 5.28. The van der Waals surface area contributed by atoms with Gasteiger partial charge in [-0.15, -0.1) is 0 Å². The molecule has 0 fully saturated rings. The number of esters is 1. The van der Waals surface area contributed by atoms with E-state index in [-0.39, 0.29) is 11.1 Å². The van der Waals surface area contributed by atoms with E-state index in [2.05, 4.69) is 5.32 Å². The minimum absolute atomic E-state index is 0.263. The van der Waals surface area contributed by atoms with Crippen molar-refractivity contribution in [3.8, 4) is 0 Å². The first-order chi connectivity index (χ1) is 11.8. The summed E-state index contributed by atoms with van der Waals surface area (Å²) in [5.74, 6) is -1.83. The Morgan fingerprint density at radius 2 is 1.64 bits per heavy atom. The molecule has 7 nitrogen and oxygen atoms in total. The molecule has 0 saturated carbocycles. The number of ether oxygens (including phenoxy) is 1. The molecule has 0 saturated heterocycles. The molecular weight excluding hydrogens is 324 g/mol. The predicted octanol–water partition coefficient (Wildman–Crippen LogP) is 1.38. The van der Waals surface area contributed by atoms with Crippen LogP contribution >= 0.6 is 0 Å². The first-order valence-electron chi connectivity index (χ1n) is 8.23. The first kappa shape index (κ1) is 18.6. The fraction of sp³-hybridized carbons (Fsp3) is 0.444. The van der Waals surface area contributed by atoms with Crippen molar-refractivity contribution in [3.63, 3.8) is 0 Å². The van der Waals surface area contributed by atoms with Crippen LogP contribution in [0.4, 0.5) is 0 Å². The maximum absolute atomic E-state index is 12.3. The molecule has 0 spiro atoms. The van der Waals surface area contributed by atoms with E-state index in [0.29, 0.717) is 12.5 Å². The van der Waals surface area contributed by atoms with Crippen molar-refractivity contribution >= 4 is 23.7 Å². The number of fused-ring (bicyclic) bond motifs is 1. The Morgan fingerprint density at radius 3 is 2.16 bits per heavy atom. The number of carbonyl (C=O) groups excluding carboxylic acids is 4. The number of nitrogens with zero attached hydrogens (tertiary/aromatic N) is 1. The standard InChI is InChI=1S/C18H22N2O5/c1-11(2)8-9-19-15(21)10-25-18(24)12(3)20-16(22)13-6-4-5-7-14(13)17(20)23/h4-7,11-12H,8-10H2,1-3H3,(H,19,21)/t12-/m1/s1. The van der Waals surface area contributed by atoms with E-state index >= 15 is 0 Å². The van der Waals surface area contributed by atoms with Crippen molar-refractivity contribution < 1.29 is 23.9 Å². The third kappa shape index (κ3) is 4.23. The van der Waals surface area contributed by atoms with Crippen LogP contribution in [0.15, 0.2) is 24.3 Å². The van der Waals surface area contributed by atoms with Gasteiger partial charge in [-0.3, -0.25) is 19.3 Å². The normalized spacial score (nSPS) is 14.5. The molecule has 7 heteroatoms. The molecule has 2 rings (SSSR count). The molecule has 3 amide bonds. The summed E-state index contributed by atoms with van der Waals surface area (Å²) in [6.07, 6.45) is 0.825. The highest BCUT2D eigenvalue weighted by Gasteiger charge is 2.41. The molecule has 25 heavy (non-hydrogen) atoms. The van der Waals surface area contributed by atoms with Gasteiger partial charge in [-0.25, -0.2) is 4.79 Å². The molecule has 0 unspecified atom stereocenters. The molecule has 1 atom stereocenters. The van der Waals surface area contributed by atoms with Gasteiger partial charge in [-0.2, -0.15) is 0 Å². The molecule has 134 valence electrons. The zero-order chi connectivity index (χ0) is 18.6. The van der Waals surface area contributed by atoms with Gasteiger partial charge in [0.15, 0.2) is 6.61 Å². The van der Waals surface area contributed by atoms with Crippen molar-refractivity contribution in [2.24, 2.45) is 5.92 Å². The van der Waals surface area contributed by atoms with Gasteiger partial charge >= 0.3 is 5.97 Å². The molecule has 1 aromatic rings. The number of nitrogens with one attached hydrogen (secondary N) is 1. The van der Waals surface area contributed by atoms with Crippen LogP contribution in [0.1, 0.15) is 47.9 Å². The molecular formula is C18H22N2O5. The van der Waals surface area contributed by atoms with E-state index in [0.717, 1.165) is 11.3 Å². The monoisotopic (exact) mass is 346 g/mol. The fourth-order valence-corrected chi connectivity index (χ4v) is 2.47. The lowest BCUT2D eigenvalue weighted by molar-refractivity contribution is -0.151. The lowest BCUT2D eigenvalue weighted by atomic mass is 10.1. The second kappa shape index (κ2) is 7.92. The summed E-state index contributed by atoms with van der Waals surface area (Å²) in [4.78, 5) is 49.2. The topological polar surface area (TPSA) is 92.8 Å². The number of amides is 3. The van der Waals surface area contributed by atoms with Crippen LogP contribution in [0, 0.1) is 5.92 Å². The Bertz CT molecular complexity index is 663. The molecule has 0 aliphatic carbocycles. The number of hydrogen-bond donors (Lipinski definition) is 1. The Labute approximate surface area is 146 Å². The third-order valence-corrected chi connectivity index (χ3v) is 3.94. The highest BCUT2D eigenvalue weighted by atomic mass is 16.5.